The molecule has 1 N–H and O–H groups in total. The molecule has 0 saturated heterocycles. The Hall–Kier alpha value is -1.59. The van der Waals surface area contributed by atoms with E-state index in [-0.39, 0.29) is 5.69 Å². The maximum Gasteiger partial charge on any atom is 0.356 e. The van der Waals surface area contributed by atoms with Crippen molar-refractivity contribution >= 4 is 29.2 Å². The van der Waals surface area contributed by atoms with Gasteiger partial charge in [-0.05, 0) is 6.07 Å². The van der Waals surface area contributed by atoms with Crippen molar-refractivity contribution in [2.24, 2.45) is 0 Å². The van der Waals surface area contributed by atoms with Gasteiger partial charge in [0.2, 0.25) is 0 Å². The lowest BCUT2D eigenvalue weighted by atomic mass is 10.4. The van der Waals surface area contributed by atoms with E-state index in [2.05, 4.69) is 9.97 Å². The lowest BCUT2D eigenvalue weighted by Gasteiger charge is -2.02. The summed E-state index contributed by atoms with van der Waals surface area (Å²) < 4.78 is 1.42. The van der Waals surface area contributed by atoms with Gasteiger partial charge in [0.1, 0.15) is 6.33 Å². The van der Waals surface area contributed by atoms with Gasteiger partial charge in [-0.2, -0.15) is 0 Å². The fraction of sp³-hybridized carbons (Fsp3) is 0. The van der Waals surface area contributed by atoms with Gasteiger partial charge in [0.25, 0.3) is 0 Å². The topological polar surface area (TPSA) is 68.0 Å². The van der Waals surface area contributed by atoms with Gasteiger partial charge in [-0.15, -0.1) is 0 Å². The normalized spacial score (nSPS) is 10.4. The van der Waals surface area contributed by atoms with E-state index >= 15 is 0 Å². The highest BCUT2D eigenvalue weighted by Crippen LogP contribution is 2.21. The summed E-state index contributed by atoms with van der Waals surface area (Å²) in [5.74, 6) is -0.727. The van der Waals surface area contributed by atoms with E-state index in [1.807, 2.05) is 0 Å². The van der Waals surface area contributed by atoms with Gasteiger partial charge in [-0.25, -0.2) is 14.8 Å². The van der Waals surface area contributed by atoms with E-state index in [9.17, 15) is 4.79 Å². The zero-order valence-electron chi connectivity index (χ0n) is 7.76. The van der Waals surface area contributed by atoms with Gasteiger partial charge in [-0.1, -0.05) is 23.2 Å². The van der Waals surface area contributed by atoms with Gasteiger partial charge < -0.3 is 5.11 Å². The standard InChI is InChI=1S/C9H5Cl2N3O2/c10-5-1-6(11)8(12-2-5)14-3-7(9(15)16)13-4-14/h1-4H,(H,15,16). The minimum absolute atomic E-state index is 0.0761. The lowest BCUT2D eigenvalue weighted by molar-refractivity contribution is 0.0691. The van der Waals surface area contributed by atoms with Crippen LogP contribution in [0.1, 0.15) is 10.5 Å². The van der Waals surface area contributed by atoms with Gasteiger partial charge in [0, 0.05) is 12.4 Å². The molecule has 0 unspecified atom stereocenters. The van der Waals surface area contributed by atoms with Crippen LogP contribution in [-0.2, 0) is 0 Å². The van der Waals surface area contributed by atoms with Crippen LogP contribution < -0.4 is 0 Å². The second kappa shape index (κ2) is 4.11. The Morgan fingerprint density at radius 2 is 2.12 bits per heavy atom. The highest BCUT2D eigenvalue weighted by atomic mass is 35.5. The van der Waals surface area contributed by atoms with Crippen molar-refractivity contribution in [2.45, 2.75) is 0 Å². The minimum Gasteiger partial charge on any atom is -0.476 e. The molecule has 16 heavy (non-hydrogen) atoms. The first-order valence-electron chi connectivity index (χ1n) is 4.16. The molecule has 0 aromatic carbocycles. The number of rotatable bonds is 2. The first-order valence-corrected chi connectivity index (χ1v) is 4.92. The van der Waals surface area contributed by atoms with Crippen LogP contribution in [0.4, 0.5) is 0 Å². The Labute approximate surface area is 100 Å². The molecule has 0 fully saturated rings. The summed E-state index contributed by atoms with van der Waals surface area (Å²) in [6.07, 6.45) is 4.07. The van der Waals surface area contributed by atoms with Crippen molar-refractivity contribution < 1.29 is 9.90 Å². The van der Waals surface area contributed by atoms with Crippen molar-refractivity contribution in [1.29, 1.82) is 0 Å². The molecule has 0 spiro atoms. The summed E-state index contributed by atoms with van der Waals surface area (Å²) in [5, 5.41) is 9.44. The number of hydrogen-bond donors (Lipinski definition) is 1. The van der Waals surface area contributed by atoms with Gasteiger partial charge >= 0.3 is 5.97 Å². The smallest absolute Gasteiger partial charge is 0.356 e. The Morgan fingerprint density at radius 3 is 2.69 bits per heavy atom. The fourth-order valence-corrected chi connectivity index (χ4v) is 1.62. The molecular weight excluding hydrogens is 253 g/mol. The first kappa shape index (κ1) is 10.9. The third-order valence-electron chi connectivity index (χ3n) is 1.83. The number of aromatic nitrogens is 3. The second-order valence-corrected chi connectivity index (χ2v) is 3.77. The molecule has 0 aliphatic heterocycles. The highest BCUT2D eigenvalue weighted by Gasteiger charge is 2.10. The van der Waals surface area contributed by atoms with Crippen LogP contribution in [0.15, 0.2) is 24.8 Å². The number of carboxylic acid groups (broad SMARTS) is 1. The maximum absolute atomic E-state index is 10.6. The Balaban J connectivity index is 2.46. The molecular formula is C9H5Cl2N3O2. The predicted octanol–water partition coefficient (Wildman–Crippen LogP) is 2.27. The number of nitrogens with zero attached hydrogens (tertiary/aromatic N) is 3. The number of pyridine rings is 1. The van der Waals surface area contributed by atoms with Crippen LogP contribution in [-0.4, -0.2) is 25.6 Å². The molecule has 82 valence electrons. The van der Waals surface area contributed by atoms with Gasteiger partial charge in [0.05, 0.1) is 10.0 Å². The number of carbonyl (C=O) groups is 1. The Morgan fingerprint density at radius 1 is 1.38 bits per heavy atom. The summed E-state index contributed by atoms with van der Waals surface area (Å²) in [4.78, 5) is 18.3. The molecule has 2 aromatic rings. The van der Waals surface area contributed by atoms with Gasteiger partial charge in [-0.3, -0.25) is 4.57 Å². The van der Waals surface area contributed by atoms with E-state index in [4.69, 9.17) is 28.3 Å². The summed E-state index contributed by atoms with van der Waals surface area (Å²) in [7, 11) is 0. The predicted molar refractivity (Wildman–Crippen MR) is 58.3 cm³/mol. The van der Waals surface area contributed by atoms with Gasteiger partial charge in [0.15, 0.2) is 11.5 Å². The molecule has 0 atom stereocenters. The summed E-state index contributed by atoms with van der Waals surface area (Å²) >= 11 is 11.6. The van der Waals surface area contributed by atoms with E-state index in [0.717, 1.165) is 0 Å². The molecule has 2 heterocycles. The van der Waals surface area contributed by atoms with E-state index in [0.29, 0.717) is 15.9 Å². The number of aromatic carboxylic acids is 1. The minimum atomic E-state index is -1.11. The number of hydrogen-bond acceptors (Lipinski definition) is 3. The maximum atomic E-state index is 10.6. The second-order valence-electron chi connectivity index (χ2n) is 2.93. The van der Waals surface area contributed by atoms with E-state index in [1.54, 1.807) is 0 Å². The lowest BCUT2D eigenvalue weighted by Crippen LogP contribution is -1.97. The third-order valence-corrected chi connectivity index (χ3v) is 2.32. The quantitative estimate of drug-likeness (QED) is 0.897. The summed E-state index contributed by atoms with van der Waals surface area (Å²) in [6, 6.07) is 1.52. The van der Waals surface area contributed by atoms with Crippen molar-refractivity contribution in [1.82, 2.24) is 14.5 Å². The molecule has 5 nitrogen and oxygen atoms in total. The highest BCUT2D eigenvalue weighted by molar-refractivity contribution is 6.35. The van der Waals surface area contributed by atoms with Crippen molar-refractivity contribution in [3.05, 3.63) is 40.5 Å². The number of imidazole rings is 1. The molecule has 7 heteroatoms. The summed E-state index contributed by atoms with van der Waals surface area (Å²) in [6.45, 7) is 0. The average Bonchev–Trinajstić information content (AvgIpc) is 2.66. The van der Waals surface area contributed by atoms with Crippen LogP contribution >= 0.6 is 23.2 Å². The molecule has 0 aliphatic rings. The molecule has 0 amide bonds. The molecule has 0 bridgehead atoms. The van der Waals surface area contributed by atoms with Crippen LogP contribution in [0.5, 0.6) is 0 Å². The van der Waals surface area contributed by atoms with Crippen molar-refractivity contribution in [2.75, 3.05) is 0 Å². The van der Waals surface area contributed by atoms with Crippen LogP contribution in [0.2, 0.25) is 10.0 Å². The molecule has 2 aromatic heterocycles. The van der Waals surface area contributed by atoms with E-state index < -0.39 is 5.97 Å². The number of halogens is 2. The molecule has 2 rings (SSSR count). The zero-order valence-corrected chi connectivity index (χ0v) is 9.27. The van der Waals surface area contributed by atoms with Crippen LogP contribution in [0.3, 0.4) is 0 Å². The fourth-order valence-electron chi connectivity index (χ4n) is 1.15. The first-order chi connectivity index (χ1) is 7.58. The van der Waals surface area contributed by atoms with Crippen LogP contribution in [0.25, 0.3) is 5.82 Å². The van der Waals surface area contributed by atoms with Crippen LogP contribution in [0, 0.1) is 0 Å². The monoisotopic (exact) mass is 257 g/mol. The Bertz CT molecular complexity index is 553. The summed E-state index contributed by atoms with van der Waals surface area (Å²) in [5.41, 5.74) is -0.0761. The third kappa shape index (κ3) is 2.00. The van der Waals surface area contributed by atoms with E-state index in [1.165, 1.54) is 29.4 Å². The zero-order chi connectivity index (χ0) is 11.7. The molecule has 0 radical (unpaired) electrons. The largest absolute Gasteiger partial charge is 0.476 e. The Kier molecular flexibility index (Phi) is 2.80. The van der Waals surface area contributed by atoms with Crippen molar-refractivity contribution in [3.8, 4) is 5.82 Å². The number of carboxylic acids is 1. The molecule has 0 aliphatic carbocycles. The average molecular weight is 258 g/mol. The van der Waals surface area contributed by atoms with Crippen molar-refractivity contribution in [3.63, 3.8) is 0 Å². The SMILES string of the molecule is O=C(O)c1cn(-c2ncc(Cl)cc2Cl)cn1. The molecule has 0 saturated carbocycles.